The Balaban J connectivity index is 2.33. The summed E-state index contributed by atoms with van der Waals surface area (Å²) in [5.41, 5.74) is 0. The summed E-state index contributed by atoms with van der Waals surface area (Å²) in [4.78, 5) is 10.6. The van der Waals surface area contributed by atoms with E-state index in [-0.39, 0.29) is 30.9 Å². The Labute approximate surface area is 78.2 Å². The lowest BCUT2D eigenvalue weighted by Crippen LogP contribution is -2.43. The van der Waals surface area contributed by atoms with E-state index >= 15 is 0 Å². The smallest absolute Gasteiger partial charge is 0.302 e. The molecule has 0 saturated carbocycles. The fraction of sp³-hybridized carbons (Fsp3) is 0.889. The summed E-state index contributed by atoms with van der Waals surface area (Å²) in [6.45, 7) is 6.13. The molecule has 0 bridgehead atoms. The molecular weight excluding hydrogens is 172 g/mol. The van der Waals surface area contributed by atoms with E-state index in [0.29, 0.717) is 6.61 Å². The van der Waals surface area contributed by atoms with Gasteiger partial charge in [-0.15, -0.1) is 0 Å². The molecule has 13 heavy (non-hydrogen) atoms. The summed E-state index contributed by atoms with van der Waals surface area (Å²) >= 11 is 0. The first-order valence-corrected chi connectivity index (χ1v) is 4.50. The van der Waals surface area contributed by atoms with Gasteiger partial charge in [0.15, 0.2) is 0 Å². The summed E-state index contributed by atoms with van der Waals surface area (Å²) in [5.74, 6) is -0.283. The number of carbonyl (C=O) groups excluding carboxylic acids is 1. The van der Waals surface area contributed by atoms with Crippen molar-refractivity contribution < 1.29 is 19.0 Å². The number of carbonyl (C=O) groups is 1. The summed E-state index contributed by atoms with van der Waals surface area (Å²) < 4.78 is 15.8. The van der Waals surface area contributed by atoms with Gasteiger partial charge in [0.25, 0.3) is 0 Å². The molecule has 1 heterocycles. The number of rotatable bonds is 2. The molecule has 4 nitrogen and oxygen atoms in total. The minimum Gasteiger partial charge on any atom is -0.463 e. The summed E-state index contributed by atoms with van der Waals surface area (Å²) in [5, 5.41) is 0. The predicted octanol–water partition coefficient (Wildman–Crippen LogP) is 0.742. The SMILES string of the molecule is CC(=O)OCC1OC(C)COC1C. The third kappa shape index (κ3) is 3.32. The zero-order valence-electron chi connectivity index (χ0n) is 8.28. The van der Waals surface area contributed by atoms with Crippen molar-refractivity contribution in [2.24, 2.45) is 0 Å². The van der Waals surface area contributed by atoms with Gasteiger partial charge < -0.3 is 14.2 Å². The Kier molecular flexibility index (Phi) is 3.69. The van der Waals surface area contributed by atoms with Crippen LogP contribution in [0.2, 0.25) is 0 Å². The maximum absolute atomic E-state index is 10.6. The average molecular weight is 188 g/mol. The fourth-order valence-electron chi connectivity index (χ4n) is 1.22. The molecule has 1 aliphatic rings. The van der Waals surface area contributed by atoms with Crippen LogP contribution in [0.1, 0.15) is 20.8 Å². The maximum Gasteiger partial charge on any atom is 0.302 e. The lowest BCUT2D eigenvalue weighted by Gasteiger charge is -2.32. The van der Waals surface area contributed by atoms with Crippen LogP contribution in [0.25, 0.3) is 0 Å². The monoisotopic (exact) mass is 188 g/mol. The van der Waals surface area contributed by atoms with Crippen molar-refractivity contribution >= 4 is 5.97 Å². The van der Waals surface area contributed by atoms with Crippen molar-refractivity contribution in [1.29, 1.82) is 0 Å². The van der Waals surface area contributed by atoms with Crippen molar-refractivity contribution in [2.45, 2.75) is 39.1 Å². The minimum absolute atomic E-state index is 0.00412. The number of hydrogen-bond acceptors (Lipinski definition) is 4. The molecule has 0 spiro atoms. The Bertz CT molecular complexity index is 180. The fourth-order valence-corrected chi connectivity index (χ4v) is 1.22. The molecule has 1 aliphatic heterocycles. The highest BCUT2D eigenvalue weighted by Gasteiger charge is 2.27. The van der Waals surface area contributed by atoms with E-state index in [2.05, 4.69) is 0 Å². The van der Waals surface area contributed by atoms with Gasteiger partial charge in [-0.1, -0.05) is 0 Å². The molecule has 1 saturated heterocycles. The van der Waals surface area contributed by atoms with E-state index in [1.165, 1.54) is 6.92 Å². The third-order valence-electron chi connectivity index (χ3n) is 1.98. The Morgan fingerprint density at radius 3 is 2.85 bits per heavy atom. The molecule has 0 aromatic carbocycles. The molecule has 4 heteroatoms. The molecule has 0 aromatic rings. The highest BCUT2D eigenvalue weighted by molar-refractivity contribution is 5.65. The normalized spacial score (nSPS) is 34.2. The summed E-state index contributed by atoms with van der Waals surface area (Å²) in [7, 11) is 0. The van der Waals surface area contributed by atoms with E-state index < -0.39 is 0 Å². The third-order valence-corrected chi connectivity index (χ3v) is 1.98. The van der Waals surface area contributed by atoms with Gasteiger partial charge in [-0.25, -0.2) is 0 Å². The topological polar surface area (TPSA) is 44.8 Å². The highest BCUT2D eigenvalue weighted by Crippen LogP contribution is 2.14. The van der Waals surface area contributed by atoms with Gasteiger partial charge >= 0.3 is 5.97 Å². The summed E-state index contributed by atoms with van der Waals surface area (Å²) in [6, 6.07) is 0. The van der Waals surface area contributed by atoms with Crippen LogP contribution in [0.15, 0.2) is 0 Å². The highest BCUT2D eigenvalue weighted by atomic mass is 16.6. The second-order valence-corrected chi connectivity index (χ2v) is 3.33. The van der Waals surface area contributed by atoms with Gasteiger partial charge in [0, 0.05) is 6.92 Å². The van der Waals surface area contributed by atoms with Crippen LogP contribution < -0.4 is 0 Å². The number of ether oxygens (including phenoxy) is 3. The van der Waals surface area contributed by atoms with Crippen molar-refractivity contribution in [3.63, 3.8) is 0 Å². The zero-order chi connectivity index (χ0) is 9.84. The quantitative estimate of drug-likeness (QED) is 0.600. The number of hydrogen-bond donors (Lipinski definition) is 0. The van der Waals surface area contributed by atoms with Crippen molar-refractivity contribution in [2.75, 3.05) is 13.2 Å². The van der Waals surface area contributed by atoms with Gasteiger partial charge in [-0.3, -0.25) is 4.79 Å². The molecule has 0 radical (unpaired) electrons. The minimum atomic E-state index is -0.283. The molecule has 0 amide bonds. The van der Waals surface area contributed by atoms with E-state index in [4.69, 9.17) is 14.2 Å². The van der Waals surface area contributed by atoms with Gasteiger partial charge in [0.1, 0.15) is 12.7 Å². The molecule has 1 fully saturated rings. The van der Waals surface area contributed by atoms with Crippen LogP contribution in [0, 0.1) is 0 Å². The second kappa shape index (κ2) is 4.58. The molecule has 76 valence electrons. The lowest BCUT2D eigenvalue weighted by molar-refractivity contribution is -0.188. The lowest BCUT2D eigenvalue weighted by atomic mass is 10.2. The predicted molar refractivity (Wildman–Crippen MR) is 46.4 cm³/mol. The molecule has 1 rings (SSSR count). The first-order chi connectivity index (χ1) is 6.09. The molecule has 0 aliphatic carbocycles. The van der Waals surface area contributed by atoms with Crippen LogP contribution >= 0.6 is 0 Å². The Morgan fingerprint density at radius 2 is 2.23 bits per heavy atom. The van der Waals surface area contributed by atoms with Crippen LogP contribution in [-0.4, -0.2) is 37.5 Å². The Morgan fingerprint density at radius 1 is 1.54 bits per heavy atom. The number of esters is 1. The van der Waals surface area contributed by atoms with E-state index in [1.54, 1.807) is 0 Å². The molecule has 3 unspecified atom stereocenters. The van der Waals surface area contributed by atoms with Crippen LogP contribution in [0.4, 0.5) is 0 Å². The molecule has 3 atom stereocenters. The second-order valence-electron chi connectivity index (χ2n) is 3.33. The van der Waals surface area contributed by atoms with E-state index in [1.807, 2.05) is 13.8 Å². The van der Waals surface area contributed by atoms with Gasteiger partial charge in [-0.05, 0) is 13.8 Å². The van der Waals surface area contributed by atoms with Gasteiger partial charge in [-0.2, -0.15) is 0 Å². The van der Waals surface area contributed by atoms with Crippen LogP contribution in [0.3, 0.4) is 0 Å². The first-order valence-electron chi connectivity index (χ1n) is 4.50. The molecular formula is C9H16O4. The van der Waals surface area contributed by atoms with Crippen LogP contribution in [-0.2, 0) is 19.0 Å². The summed E-state index contributed by atoms with van der Waals surface area (Å²) in [6.07, 6.45) is -0.0556. The maximum atomic E-state index is 10.6. The van der Waals surface area contributed by atoms with E-state index in [0.717, 1.165) is 0 Å². The van der Waals surface area contributed by atoms with E-state index in [9.17, 15) is 4.79 Å². The van der Waals surface area contributed by atoms with Gasteiger partial charge in [0.2, 0.25) is 0 Å². The Hall–Kier alpha value is -0.610. The van der Waals surface area contributed by atoms with Crippen molar-refractivity contribution in [3.05, 3.63) is 0 Å². The van der Waals surface area contributed by atoms with Crippen LogP contribution in [0.5, 0.6) is 0 Å². The zero-order valence-corrected chi connectivity index (χ0v) is 8.28. The standard InChI is InChI=1S/C9H16O4/c1-6-4-11-7(2)9(13-6)5-12-8(3)10/h6-7,9H,4-5H2,1-3H3. The first kappa shape index (κ1) is 10.5. The molecule has 0 N–H and O–H groups in total. The van der Waals surface area contributed by atoms with Gasteiger partial charge in [0.05, 0.1) is 18.8 Å². The van der Waals surface area contributed by atoms with Crippen molar-refractivity contribution in [1.82, 2.24) is 0 Å². The molecule has 0 aromatic heterocycles. The largest absolute Gasteiger partial charge is 0.463 e. The average Bonchev–Trinajstić information content (AvgIpc) is 2.06. The van der Waals surface area contributed by atoms with Crippen molar-refractivity contribution in [3.8, 4) is 0 Å².